The zero-order valence-corrected chi connectivity index (χ0v) is 27.6. The largest absolute Gasteiger partial charge is 0.394 e. The fourth-order valence-corrected chi connectivity index (χ4v) is 5.39. The molecule has 0 saturated heterocycles. The molecule has 3 N–H and O–H groups in total. The summed E-state index contributed by atoms with van der Waals surface area (Å²) in [6, 6.07) is -0.534. The lowest BCUT2D eigenvalue weighted by molar-refractivity contribution is -0.123. The summed E-state index contributed by atoms with van der Waals surface area (Å²) in [5.74, 6) is -0.0387. The van der Waals surface area contributed by atoms with Crippen molar-refractivity contribution in [2.24, 2.45) is 0 Å². The topological polar surface area (TPSA) is 69.6 Å². The second kappa shape index (κ2) is 33.4. The van der Waals surface area contributed by atoms with E-state index in [0.29, 0.717) is 12.8 Å². The molecule has 0 rings (SSSR count). The third-order valence-corrected chi connectivity index (χ3v) is 8.22. The average Bonchev–Trinajstić information content (AvgIpc) is 2.97. The van der Waals surface area contributed by atoms with Crippen LogP contribution in [0.5, 0.6) is 0 Å². The fourth-order valence-electron chi connectivity index (χ4n) is 5.39. The van der Waals surface area contributed by atoms with Crippen LogP contribution in [0.2, 0.25) is 0 Å². The molecule has 0 spiro atoms. The van der Waals surface area contributed by atoms with Gasteiger partial charge in [0.05, 0.1) is 18.8 Å². The highest BCUT2D eigenvalue weighted by Gasteiger charge is 2.19. The van der Waals surface area contributed by atoms with Gasteiger partial charge < -0.3 is 15.5 Å². The SMILES string of the molecule is CCCCC/C=C\C/C=C\CCCCCCCCCCCC(=O)NC(CO)C(O)CCCCCCCCCCCC. The molecular weight excluding hydrogens is 506 g/mol. The zero-order valence-electron chi connectivity index (χ0n) is 27.6. The third-order valence-electron chi connectivity index (χ3n) is 8.22. The van der Waals surface area contributed by atoms with Gasteiger partial charge in [0.15, 0.2) is 0 Å². The number of allylic oxidation sites excluding steroid dienone is 4. The van der Waals surface area contributed by atoms with E-state index in [1.807, 2.05) is 0 Å². The molecule has 0 saturated carbocycles. The first-order chi connectivity index (χ1) is 20.2. The predicted octanol–water partition coefficient (Wildman–Crippen LogP) is 10.5. The Bertz CT molecular complexity index is 589. The standard InChI is InChI=1S/C37H71NO3/c1-3-5-7-9-11-13-15-16-17-18-19-20-21-22-23-25-27-29-31-33-37(41)38-35(34-39)36(40)32-30-28-26-24-14-12-10-8-6-4-2/h11,13,16-17,35-36,39-40H,3-10,12,14-15,18-34H2,1-2H3,(H,38,41)/b13-11-,17-16-. The minimum absolute atomic E-state index is 0.0387. The number of aliphatic hydroxyl groups excluding tert-OH is 2. The highest BCUT2D eigenvalue weighted by Crippen LogP contribution is 2.14. The number of unbranched alkanes of at least 4 members (excludes halogenated alkanes) is 21. The molecule has 4 nitrogen and oxygen atoms in total. The van der Waals surface area contributed by atoms with Crippen molar-refractivity contribution in [3.63, 3.8) is 0 Å². The second-order valence-electron chi connectivity index (χ2n) is 12.3. The Balaban J connectivity index is 3.55. The molecule has 0 bridgehead atoms. The quantitative estimate of drug-likeness (QED) is 0.0550. The highest BCUT2D eigenvalue weighted by atomic mass is 16.3. The molecule has 0 aliphatic heterocycles. The van der Waals surface area contributed by atoms with Crippen molar-refractivity contribution in [1.82, 2.24) is 5.32 Å². The van der Waals surface area contributed by atoms with Crippen LogP contribution in [0, 0.1) is 0 Å². The van der Waals surface area contributed by atoms with E-state index < -0.39 is 12.1 Å². The Kier molecular flexibility index (Phi) is 32.5. The summed E-state index contributed by atoms with van der Waals surface area (Å²) in [5.41, 5.74) is 0. The molecule has 0 heterocycles. The molecule has 0 aromatic carbocycles. The molecule has 242 valence electrons. The molecule has 0 aliphatic rings. The number of hydrogen-bond acceptors (Lipinski definition) is 3. The van der Waals surface area contributed by atoms with Gasteiger partial charge in [-0.25, -0.2) is 0 Å². The van der Waals surface area contributed by atoms with Gasteiger partial charge in [-0.1, -0.05) is 160 Å². The van der Waals surface area contributed by atoms with Gasteiger partial charge in [-0.2, -0.15) is 0 Å². The number of aliphatic hydroxyl groups is 2. The highest BCUT2D eigenvalue weighted by molar-refractivity contribution is 5.76. The molecule has 0 aliphatic carbocycles. The first kappa shape index (κ1) is 39.9. The van der Waals surface area contributed by atoms with Crippen LogP contribution in [-0.4, -0.2) is 34.9 Å². The van der Waals surface area contributed by atoms with Gasteiger partial charge in [-0.3, -0.25) is 4.79 Å². The van der Waals surface area contributed by atoms with E-state index in [2.05, 4.69) is 43.5 Å². The molecule has 2 unspecified atom stereocenters. The maximum atomic E-state index is 12.3. The molecule has 0 aromatic heterocycles. The maximum Gasteiger partial charge on any atom is 0.220 e. The van der Waals surface area contributed by atoms with Gasteiger partial charge in [0.25, 0.3) is 0 Å². The first-order valence-corrected chi connectivity index (χ1v) is 18.0. The molecule has 2 atom stereocenters. The van der Waals surface area contributed by atoms with Crippen molar-refractivity contribution in [1.29, 1.82) is 0 Å². The summed E-state index contributed by atoms with van der Waals surface area (Å²) in [6.07, 6.45) is 40.8. The van der Waals surface area contributed by atoms with Gasteiger partial charge in [-0.05, 0) is 44.9 Å². The van der Waals surface area contributed by atoms with E-state index in [9.17, 15) is 15.0 Å². The van der Waals surface area contributed by atoms with Crippen LogP contribution >= 0.6 is 0 Å². The van der Waals surface area contributed by atoms with Crippen molar-refractivity contribution in [2.45, 2.75) is 199 Å². The van der Waals surface area contributed by atoms with Gasteiger partial charge in [0.1, 0.15) is 0 Å². The van der Waals surface area contributed by atoms with Crippen LogP contribution in [0.25, 0.3) is 0 Å². The summed E-state index contributed by atoms with van der Waals surface area (Å²) in [5, 5.41) is 23.0. The summed E-state index contributed by atoms with van der Waals surface area (Å²) in [6.45, 7) is 4.31. The Morgan fingerprint density at radius 3 is 1.51 bits per heavy atom. The van der Waals surface area contributed by atoms with Crippen LogP contribution in [0.1, 0.15) is 187 Å². The van der Waals surface area contributed by atoms with Crippen molar-refractivity contribution >= 4 is 5.91 Å². The van der Waals surface area contributed by atoms with Gasteiger partial charge in [-0.15, -0.1) is 0 Å². The van der Waals surface area contributed by atoms with Crippen LogP contribution in [0.15, 0.2) is 24.3 Å². The molecular formula is C37H71NO3. The molecule has 0 fully saturated rings. The predicted molar refractivity (Wildman–Crippen MR) is 179 cm³/mol. The number of hydrogen-bond donors (Lipinski definition) is 3. The summed E-state index contributed by atoms with van der Waals surface area (Å²) in [4.78, 5) is 12.3. The summed E-state index contributed by atoms with van der Waals surface area (Å²) in [7, 11) is 0. The van der Waals surface area contributed by atoms with Crippen molar-refractivity contribution in [3.8, 4) is 0 Å². The Hall–Kier alpha value is -1.13. The molecule has 4 heteroatoms. The van der Waals surface area contributed by atoms with Crippen LogP contribution < -0.4 is 5.32 Å². The number of amides is 1. The fraction of sp³-hybridized carbons (Fsp3) is 0.865. The lowest BCUT2D eigenvalue weighted by Crippen LogP contribution is -2.45. The zero-order chi connectivity index (χ0) is 30.1. The van der Waals surface area contributed by atoms with E-state index in [1.54, 1.807) is 0 Å². The van der Waals surface area contributed by atoms with Crippen LogP contribution in [0.3, 0.4) is 0 Å². The van der Waals surface area contributed by atoms with E-state index in [0.717, 1.165) is 32.1 Å². The molecule has 0 aromatic rings. The monoisotopic (exact) mass is 578 g/mol. The lowest BCUT2D eigenvalue weighted by atomic mass is 10.0. The number of carbonyl (C=O) groups is 1. The first-order valence-electron chi connectivity index (χ1n) is 18.0. The van der Waals surface area contributed by atoms with Gasteiger partial charge in [0.2, 0.25) is 5.91 Å². The summed E-state index contributed by atoms with van der Waals surface area (Å²) < 4.78 is 0. The number of nitrogens with one attached hydrogen (secondary N) is 1. The normalized spacial score (nSPS) is 13.4. The summed E-state index contributed by atoms with van der Waals surface area (Å²) >= 11 is 0. The smallest absolute Gasteiger partial charge is 0.220 e. The number of carbonyl (C=O) groups excluding carboxylic acids is 1. The Morgan fingerprint density at radius 1 is 0.585 bits per heavy atom. The van der Waals surface area contributed by atoms with Crippen molar-refractivity contribution < 1.29 is 15.0 Å². The van der Waals surface area contributed by atoms with Crippen molar-refractivity contribution in [3.05, 3.63) is 24.3 Å². The minimum atomic E-state index is -0.656. The van der Waals surface area contributed by atoms with E-state index in [4.69, 9.17) is 0 Å². The molecule has 1 amide bonds. The lowest BCUT2D eigenvalue weighted by Gasteiger charge is -2.22. The third kappa shape index (κ3) is 30.1. The van der Waals surface area contributed by atoms with Gasteiger partial charge >= 0.3 is 0 Å². The van der Waals surface area contributed by atoms with E-state index in [1.165, 1.54) is 128 Å². The van der Waals surface area contributed by atoms with Crippen molar-refractivity contribution in [2.75, 3.05) is 6.61 Å². The minimum Gasteiger partial charge on any atom is -0.394 e. The molecule has 41 heavy (non-hydrogen) atoms. The van der Waals surface area contributed by atoms with E-state index >= 15 is 0 Å². The Labute approximate surface area is 256 Å². The second-order valence-corrected chi connectivity index (χ2v) is 12.3. The van der Waals surface area contributed by atoms with Crippen LogP contribution in [0.4, 0.5) is 0 Å². The molecule has 0 radical (unpaired) electrons. The average molecular weight is 578 g/mol. The number of rotatable bonds is 32. The maximum absolute atomic E-state index is 12.3. The van der Waals surface area contributed by atoms with Crippen LogP contribution in [-0.2, 0) is 4.79 Å². The Morgan fingerprint density at radius 2 is 1.00 bits per heavy atom. The van der Waals surface area contributed by atoms with Gasteiger partial charge in [0, 0.05) is 6.42 Å². The van der Waals surface area contributed by atoms with E-state index in [-0.39, 0.29) is 12.5 Å².